The van der Waals surface area contributed by atoms with Gasteiger partial charge in [0, 0.05) is 18.8 Å². The molecule has 0 bridgehead atoms. The van der Waals surface area contributed by atoms with E-state index >= 15 is 0 Å². The van der Waals surface area contributed by atoms with Crippen LogP contribution in [0.2, 0.25) is 0 Å². The number of carbonyl (C=O) groups excluding carboxylic acids is 3. The average Bonchev–Trinajstić information content (AvgIpc) is 3.27. The molecule has 3 aliphatic rings. The Hall–Kier alpha value is -2.72. The molecule has 1 spiro atoms. The van der Waals surface area contributed by atoms with Crippen molar-refractivity contribution in [3.63, 3.8) is 0 Å². The molecular formula is C24H31N5O4S. The first kappa shape index (κ1) is 23.0. The molecule has 2 N–H and O–H groups in total. The normalized spacial score (nSPS) is 26.9. The van der Waals surface area contributed by atoms with E-state index in [9.17, 15) is 14.4 Å². The van der Waals surface area contributed by atoms with Gasteiger partial charge in [0.2, 0.25) is 5.91 Å². The maximum absolute atomic E-state index is 13.3. The summed E-state index contributed by atoms with van der Waals surface area (Å²) in [5, 5.41) is 6.70. The minimum absolute atomic E-state index is 0.0525. The van der Waals surface area contributed by atoms with Crippen LogP contribution < -0.4 is 15.5 Å². The van der Waals surface area contributed by atoms with Crippen LogP contribution in [0.5, 0.6) is 0 Å². The number of hydrogen-bond donors (Lipinski definition) is 2. The molecule has 10 heteroatoms. The smallest absolute Gasteiger partial charge is 0.325 e. The first-order valence-electron chi connectivity index (χ1n) is 11.8. The van der Waals surface area contributed by atoms with E-state index in [1.54, 1.807) is 17.4 Å². The predicted molar refractivity (Wildman–Crippen MR) is 131 cm³/mol. The number of morpholine rings is 1. The van der Waals surface area contributed by atoms with Gasteiger partial charge in [0.25, 0.3) is 5.91 Å². The first-order valence-corrected chi connectivity index (χ1v) is 12.6. The van der Waals surface area contributed by atoms with Gasteiger partial charge in [0.15, 0.2) is 5.13 Å². The lowest BCUT2D eigenvalue weighted by atomic mass is 9.64. The van der Waals surface area contributed by atoms with Crippen molar-refractivity contribution >= 4 is 50.2 Å². The Kier molecular flexibility index (Phi) is 5.76. The second-order valence-corrected chi connectivity index (χ2v) is 11.6. The minimum Gasteiger partial charge on any atom is -0.378 e. The lowest BCUT2D eigenvalue weighted by Crippen LogP contribution is -2.54. The van der Waals surface area contributed by atoms with Crippen molar-refractivity contribution in [3.8, 4) is 0 Å². The predicted octanol–water partition coefficient (Wildman–Crippen LogP) is 3.21. The highest BCUT2D eigenvalue weighted by Crippen LogP contribution is 2.46. The monoisotopic (exact) mass is 485 g/mol. The third kappa shape index (κ3) is 4.36. The van der Waals surface area contributed by atoms with Gasteiger partial charge in [-0.2, -0.15) is 0 Å². The fraction of sp³-hybridized carbons (Fsp3) is 0.583. The SMILES string of the molecule is C[C@@H]1CC(C)(C)C[C@]2(C1)NC(=O)N(CC(=O)Nc1ccc3nc(N4CCOCC4)sc3c1)C2=O. The number of hydrogen-bond acceptors (Lipinski definition) is 7. The quantitative estimate of drug-likeness (QED) is 0.645. The van der Waals surface area contributed by atoms with E-state index in [0.29, 0.717) is 37.7 Å². The van der Waals surface area contributed by atoms with Gasteiger partial charge in [-0.3, -0.25) is 14.5 Å². The molecule has 0 radical (unpaired) electrons. The van der Waals surface area contributed by atoms with Crippen molar-refractivity contribution in [1.29, 1.82) is 0 Å². The number of imide groups is 1. The Balaban J connectivity index is 1.26. The molecule has 3 fully saturated rings. The highest BCUT2D eigenvalue weighted by atomic mass is 32.1. The van der Waals surface area contributed by atoms with Gasteiger partial charge in [0.05, 0.1) is 23.4 Å². The van der Waals surface area contributed by atoms with Crippen LogP contribution in [0.25, 0.3) is 10.2 Å². The topological polar surface area (TPSA) is 104 Å². The Morgan fingerprint density at radius 3 is 2.76 bits per heavy atom. The average molecular weight is 486 g/mol. The lowest BCUT2D eigenvalue weighted by Gasteiger charge is -2.43. The summed E-state index contributed by atoms with van der Waals surface area (Å²) >= 11 is 1.57. The van der Waals surface area contributed by atoms with Crippen LogP contribution >= 0.6 is 11.3 Å². The summed E-state index contributed by atoms with van der Waals surface area (Å²) in [6.07, 6.45) is 2.19. The molecule has 182 valence electrons. The van der Waals surface area contributed by atoms with Crippen molar-refractivity contribution in [1.82, 2.24) is 15.2 Å². The van der Waals surface area contributed by atoms with Crippen molar-refractivity contribution in [2.45, 2.75) is 45.6 Å². The highest BCUT2D eigenvalue weighted by molar-refractivity contribution is 7.22. The number of nitrogens with zero attached hydrogens (tertiary/aromatic N) is 3. The third-order valence-electron chi connectivity index (χ3n) is 6.87. The second-order valence-electron chi connectivity index (χ2n) is 10.6. The third-order valence-corrected chi connectivity index (χ3v) is 7.95. The van der Waals surface area contributed by atoms with E-state index in [-0.39, 0.29) is 17.9 Å². The van der Waals surface area contributed by atoms with Crippen molar-refractivity contribution in [3.05, 3.63) is 18.2 Å². The summed E-state index contributed by atoms with van der Waals surface area (Å²) in [7, 11) is 0. The number of thiazole rings is 1. The van der Waals surface area contributed by atoms with Gasteiger partial charge < -0.3 is 20.3 Å². The van der Waals surface area contributed by atoms with Crippen molar-refractivity contribution < 1.29 is 19.1 Å². The number of urea groups is 1. The molecule has 1 saturated carbocycles. The Labute approximate surface area is 202 Å². The molecule has 4 amide bonds. The molecule has 9 nitrogen and oxygen atoms in total. The maximum atomic E-state index is 13.3. The van der Waals surface area contributed by atoms with Gasteiger partial charge in [-0.1, -0.05) is 32.1 Å². The van der Waals surface area contributed by atoms with Gasteiger partial charge >= 0.3 is 6.03 Å². The van der Waals surface area contributed by atoms with E-state index in [1.165, 1.54) is 0 Å². The molecule has 3 heterocycles. The summed E-state index contributed by atoms with van der Waals surface area (Å²) in [6.45, 7) is 9.06. The Morgan fingerprint density at radius 1 is 1.26 bits per heavy atom. The summed E-state index contributed by atoms with van der Waals surface area (Å²) in [4.78, 5) is 46.7. The molecule has 2 aliphatic heterocycles. The molecule has 1 aromatic heterocycles. The Morgan fingerprint density at radius 2 is 2.03 bits per heavy atom. The number of benzene rings is 1. The van der Waals surface area contributed by atoms with Crippen LogP contribution in [-0.4, -0.2) is 66.1 Å². The Bertz CT molecular complexity index is 1140. The van der Waals surface area contributed by atoms with E-state index in [4.69, 9.17) is 9.72 Å². The standard InChI is InChI=1S/C24H31N5O4S/c1-15-11-23(2,3)14-24(12-15)20(31)29(21(32)27-24)13-19(30)25-16-4-5-17-18(10-16)34-22(26-17)28-6-8-33-9-7-28/h4-5,10,15H,6-9,11-14H2,1-3H3,(H,25,30)(H,27,32)/t15-,24+/m1/s1. The maximum Gasteiger partial charge on any atom is 0.325 e. The highest BCUT2D eigenvalue weighted by Gasteiger charge is 2.56. The molecule has 34 heavy (non-hydrogen) atoms. The molecule has 1 aromatic carbocycles. The van der Waals surface area contributed by atoms with Crippen LogP contribution in [0.3, 0.4) is 0 Å². The van der Waals surface area contributed by atoms with Crippen LogP contribution in [0, 0.1) is 11.3 Å². The number of aromatic nitrogens is 1. The number of ether oxygens (including phenoxy) is 1. The summed E-state index contributed by atoms with van der Waals surface area (Å²) < 4.78 is 6.38. The van der Waals surface area contributed by atoms with Crippen LogP contribution in [0.15, 0.2) is 18.2 Å². The first-order chi connectivity index (χ1) is 16.1. The summed E-state index contributed by atoms with van der Waals surface area (Å²) in [6, 6.07) is 5.06. The molecule has 2 saturated heterocycles. The van der Waals surface area contributed by atoms with Gasteiger partial charge in [-0.05, 0) is 48.8 Å². The fourth-order valence-electron chi connectivity index (χ4n) is 5.87. The molecule has 1 aliphatic carbocycles. The van der Waals surface area contributed by atoms with Crippen LogP contribution in [0.1, 0.15) is 40.0 Å². The largest absolute Gasteiger partial charge is 0.378 e. The van der Waals surface area contributed by atoms with E-state index in [2.05, 4.69) is 36.3 Å². The van der Waals surface area contributed by atoms with Crippen LogP contribution in [0.4, 0.5) is 15.6 Å². The fourth-order valence-corrected chi connectivity index (χ4v) is 6.93. The number of rotatable bonds is 4. The number of fused-ring (bicyclic) bond motifs is 1. The molecule has 2 aromatic rings. The van der Waals surface area contributed by atoms with Crippen molar-refractivity contribution in [2.24, 2.45) is 11.3 Å². The molecule has 5 rings (SSSR count). The number of carbonyl (C=O) groups is 3. The zero-order valence-corrected chi connectivity index (χ0v) is 20.7. The van der Waals surface area contributed by atoms with Gasteiger partial charge in [-0.15, -0.1) is 0 Å². The number of anilines is 2. The molecule has 0 unspecified atom stereocenters. The second kappa shape index (κ2) is 8.49. The summed E-state index contributed by atoms with van der Waals surface area (Å²) in [5.41, 5.74) is 0.525. The molecular weight excluding hydrogens is 454 g/mol. The van der Waals surface area contributed by atoms with Crippen molar-refractivity contribution in [2.75, 3.05) is 43.1 Å². The summed E-state index contributed by atoms with van der Waals surface area (Å²) in [5.74, 6) is -0.378. The zero-order valence-electron chi connectivity index (χ0n) is 19.8. The van der Waals surface area contributed by atoms with E-state index < -0.39 is 17.5 Å². The molecule has 2 atom stereocenters. The number of amides is 4. The van der Waals surface area contributed by atoms with Crippen LogP contribution in [-0.2, 0) is 14.3 Å². The minimum atomic E-state index is -0.907. The number of nitrogens with one attached hydrogen (secondary N) is 2. The zero-order chi connectivity index (χ0) is 24.1. The van der Waals surface area contributed by atoms with E-state index in [1.807, 2.05) is 12.1 Å². The van der Waals surface area contributed by atoms with Gasteiger partial charge in [0.1, 0.15) is 12.1 Å². The van der Waals surface area contributed by atoms with E-state index in [0.717, 1.165) is 39.8 Å². The lowest BCUT2D eigenvalue weighted by molar-refractivity contribution is -0.136. The van der Waals surface area contributed by atoms with Gasteiger partial charge in [-0.25, -0.2) is 9.78 Å².